The van der Waals surface area contributed by atoms with Gasteiger partial charge in [0.25, 0.3) is 5.91 Å². The van der Waals surface area contributed by atoms with E-state index in [0.29, 0.717) is 24.9 Å². The maximum absolute atomic E-state index is 14.0. The molecule has 4 rings (SSSR count). The molecule has 9 heteroatoms. The minimum atomic E-state index is -0.944. The van der Waals surface area contributed by atoms with Gasteiger partial charge in [0.2, 0.25) is 0 Å². The third-order valence-corrected chi connectivity index (χ3v) is 6.83. The van der Waals surface area contributed by atoms with E-state index in [9.17, 15) is 23.5 Å². The highest BCUT2D eigenvalue weighted by molar-refractivity contribution is 5.93. The Morgan fingerprint density at radius 3 is 2.78 bits per heavy atom. The van der Waals surface area contributed by atoms with Crippen LogP contribution in [0, 0.1) is 23.5 Å². The smallest absolute Gasteiger partial charge is 0.309 e. The topological polar surface area (TPSA) is 95.7 Å². The molecule has 4 atom stereocenters. The lowest BCUT2D eigenvalue weighted by atomic mass is 9.89. The summed E-state index contributed by atoms with van der Waals surface area (Å²) in [6, 6.07) is 4.13. The Labute approximate surface area is 184 Å². The van der Waals surface area contributed by atoms with Gasteiger partial charge in [-0.3, -0.25) is 14.5 Å². The van der Waals surface area contributed by atoms with Crippen molar-refractivity contribution >= 4 is 11.9 Å². The van der Waals surface area contributed by atoms with Crippen molar-refractivity contribution in [3.05, 3.63) is 41.6 Å². The molecular formula is C23H27F2N3O4. The highest BCUT2D eigenvalue weighted by atomic mass is 19.1. The van der Waals surface area contributed by atoms with Crippen molar-refractivity contribution in [3.63, 3.8) is 0 Å². The van der Waals surface area contributed by atoms with Gasteiger partial charge in [-0.05, 0) is 37.3 Å². The Balaban J connectivity index is 1.44. The van der Waals surface area contributed by atoms with Crippen LogP contribution in [0.4, 0.5) is 8.78 Å². The third kappa shape index (κ3) is 4.53. The first-order chi connectivity index (χ1) is 15.4. The average Bonchev–Trinajstić information content (AvgIpc) is 3.43. The summed E-state index contributed by atoms with van der Waals surface area (Å²) in [7, 11) is 0. The number of benzene rings is 1. The van der Waals surface area contributed by atoms with Gasteiger partial charge in [-0.25, -0.2) is 8.78 Å². The van der Waals surface area contributed by atoms with Crippen LogP contribution in [0.3, 0.4) is 0 Å². The van der Waals surface area contributed by atoms with E-state index in [2.05, 4.69) is 22.3 Å². The minimum absolute atomic E-state index is 0.0101. The first-order valence-electron chi connectivity index (χ1n) is 11.1. The molecule has 32 heavy (non-hydrogen) atoms. The van der Waals surface area contributed by atoms with Crippen molar-refractivity contribution in [2.24, 2.45) is 11.8 Å². The lowest BCUT2D eigenvalue weighted by molar-refractivity contribution is -0.145. The summed E-state index contributed by atoms with van der Waals surface area (Å²) in [5.41, 5.74) is -0.103. The predicted molar refractivity (Wildman–Crippen MR) is 112 cm³/mol. The van der Waals surface area contributed by atoms with Gasteiger partial charge in [0.1, 0.15) is 11.6 Å². The van der Waals surface area contributed by atoms with Gasteiger partial charge in [-0.1, -0.05) is 24.9 Å². The summed E-state index contributed by atoms with van der Waals surface area (Å²) in [5.74, 6) is -3.23. The largest absolute Gasteiger partial charge is 0.481 e. The molecule has 0 spiro atoms. The zero-order valence-electron chi connectivity index (χ0n) is 17.9. The van der Waals surface area contributed by atoms with E-state index in [-0.39, 0.29) is 17.0 Å². The van der Waals surface area contributed by atoms with E-state index in [4.69, 9.17) is 4.52 Å². The molecule has 1 saturated heterocycles. The molecule has 2 heterocycles. The SMILES string of the molecule is CC[C@H]1CCC[C@H]1N1CC[C@H](NC(=O)c2cc(-c3ccc(F)cc3F)on2)[C@@H](C(=O)O)C1. The molecule has 1 aliphatic carbocycles. The lowest BCUT2D eigenvalue weighted by Crippen LogP contribution is -2.56. The van der Waals surface area contributed by atoms with Gasteiger partial charge in [0.05, 0.1) is 11.5 Å². The van der Waals surface area contributed by atoms with Crippen LogP contribution in [0.2, 0.25) is 0 Å². The molecule has 1 saturated carbocycles. The van der Waals surface area contributed by atoms with Crippen LogP contribution in [0.5, 0.6) is 0 Å². The molecule has 1 aliphatic heterocycles. The number of rotatable bonds is 6. The van der Waals surface area contributed by atoms with E-state index in [1.807, 2.05) is 0 Å². The highest BCUT2D eigenvalue weighted by Gasteiger charge is 2.40. The predicted octanol–water partition coefficient (Wildman–Crippen LogP) is 3.70. The maximum atomic E-state index is 14.0. The number of carbonyl (C=O) groups excluding carboxylic acids is 1. The van der Waals surface area contributed by atoms with E-state index < -0.39 is 35.5 Å². The molecule has 0 unspecified atom stereocenters. The fourth-order valence-electron chi connectivity index (χ4n) is 5.12. The number of hydrogen-bond donors (Lipinski definition) is 2. The zero-order chi connectivity index (χ0) is 22.8. The van der Waals surface area contributed by atoms with Crippen molar-refractivity contribution in [2.75, 3.05) is 13.1 Å². The van der Waals surface area contributed by atoms with Gasteiger partial charge in [0.15, 0.2) is 11.5 Å². The first-order valence-corrected chi connectivity index (χ1v) is 11.1. The van der Waals surface area contributed by atoms with E-state index in [1.54, 1.807) is 0 Å². The fraction of sp³-hybridized carbons (Fsp3) is 0.522. The standard InChI is InChI=1S/C23H27F2N3O4/c1-2-13-4-3-5-20(13)28-9-8-18(16(12-28)23(30)31)26-22(29)19-11-21(32-27-19)15-7-6-14(24)10-17(15)25/h6-7,10-11,13,16,18,20H,2-5,8-9,12H2,1H3,(H,26,29)(H,30,31)/t13-,16-,18-,20+/m0/s1. The minimum Gasteiger partial charge on any atom is -0.481 e. The monoisotopic (exact) mass is 447 g/mol. The number of nitrogens with zero attached hydrogens (tertiary/aromatic N) is 2. The van der Waals surface area contributed by atoms with E-state index in [1.165, 1.54) is 25.0 Å². The number of halogens is 2. The van der Waals surface area contributed by atoms with Crippen molar-refractivity contribution in [1.29, 1.82) is 0 Å². The van der Waals surface area contributed by atoms with Crippen LogP contribution >= 0.6 is 0 Å². The second kappa shape index (κ2) is 9.36. The van der Waals surface area contributed by atoms with Gasteiger partial charge in [-0.2, -0.15) is 0 Å². The number of nitrogens with one attached hydrogen (secondary N) is 1. The van der Waals surface area contributed by atoms with Crippen LogP contribution in [0.1, 0.15) is 49.5 Å². The van der Waals surface area contributed by atoms with Crippen molar-refractivity contribution in [1.82, 2.24) is 15.4 Å². The second-order valence-electron chi connectivity index (χ2n) is 8.68. The molecule has 7 nitrogen and oxygen atoms in total. The first kappa shape index (κ1) is 22.4. The average molecular weight is 447 g/mol. The Hall–Kier alpha value is -2.81. The molecule has 1 aromatic carbocycles. The third-order valence-electron chi connectivity index (χ3n) is 6.83. The number of amides is 1. The number of carboxylic acids is 1. The number of carboxylic acid groups (broad SMARTS) is 1. The molecule has 2 aromatic rings. The van der Waals surface area contributed by atoms with Crippen LogP contribution in [0.25, 0.3) is 11.3 Å². The van der Waals surface area contributed by atoms with Crippen LogP contribution in [-0.4, -0.2) is 52.2 Å². The van der Waals surface area contributed by atoms with Gasteiger partial charge >= 0.3 is 5.97 Å². The van der Waals surface area contributed by atoms with Crippen molar-refractivity contribution in [2.45, 2.75) is 51.1 Å². The van der Waals surface area contributed by atoms with Crippen LogP contribution in [-0.2, 0) is 4.79 Å². The molecule has 1 aromatic heterocycles. The van der Waals surface area contributed by atoms with Crippen molar-refractivity contribution in [3.8, 4) is 11.3 Å². The molecule has 0 bridgehead atoms. The zero-order valence-corrected chi connectivity index (χ0v) is 17.9. The molecule has 0 radical (unpaired) electrons. The summed E-state index contributed by atoms with van der Waals surface area (Å²) in [6.07, 6.45) is 5.04. The Morgan fingerprint density at radius 2 is 2.06 bits per heavy atom. The number of piperidine rings is 1. The summed E-state index contributed by atoms with van der Waals surface area (Å²) < 4.78 is 32.2. The Morgan fingerprint density at radius 1 is 1.25 bits per heavy atom. The Kier molecular flexibility index (Phi) is 6.55. The van der Waals surface area contributed by atoms with E-state index >= 15 is 0 Å². The molecular weight excluding hydrogens is 420 g/mol. The summed E-state index contributed by atoms with van der Waals surface area (Å²) in [5, 5.41) is 16.3. The highest BCUT2D eigenvalue weighted by Crippen LogP contribution is 2.34. The van der Waals surface area contributed by atoms with Gasteiger partial charge < -0.3 is 14.9 Å². The van der Waals surface area contributed by atoms with E-state index in [0.717, 1.165) is 31.5 Å². The lowest BCUT2D eigenvalue weighted by Gasteiger charge is -2.41. The van der Waals surface area contributed by atoms with Crippen LogP contribution in [0.15, 0.2) is 28.8 Å². The number of carbonyl (C=O) groups is 2. The molecule has 172 valence electrons. The molecule has 1 amide bonds. The Bertz CT molecular complexity index is 995. The second-order valence-corrected chi connectivity index (χ2v) is 8.68. The number of aromatic nitrogens is 1. The van der Waals surface area contributed by atoms with Gasteiger partial charge in [0, 0.05) is 37.3 Å². The van der Waals surface area contributed by atoms with Crippen LogP contribution < -0.4 is 5.32 Å². The number of aliphatic carboxylic acids is 1. The number of likely N-dealkylation sites (tertiary alicyclic amines) is 1. The van der Waals surface area contributed by atoms with Crippen molar-refractivity contribution < 1.29 is 28.0 Å². The molecule has 2 fully saturated rings. The summed E-state index contributed by atoms with van der Waals surface area (Å²) in [6.45, 7) is 3.29. The molecule has 2 N–H and O–H groups in total. The normalized spacial score (nSPS) is 26.2. The summed E-state index contributed by atoms with van der Waals surface area (Å²) in [4.78, 5) is 26.9. The number of hydrogen-bond acceptors (Lipinski definition) is 5. The fourth-order valence-corrected chi connectivity index (χ4v) is 5.12. The maximum Gasteiger partial charge on any atom is 0.309 e. The summed E-state index contributed by atoms with van der Waals surface area (Å²) >= 11 is 0. The quantitative estimate of drug-likeness (QED) is 0.701. The molecule has 2 aliphatic rings. The van der Waals surface area contributed by atoms with Gasteiger partial charge in [-0.15, -0.1) is 0 Å².